The van der Waals surface area contributed by atoms with E-state index in [1.807, 2.05) is 55.5 Å². The van der Waals surface area contributed by atoms with Gasteiger partial charge < -0.3 is 57.0 Å². The molecule has 4 bridgehead atoms. The second-order valence-corrected chi connectivity index (χ2v) is 21.0. The van der Waals surface area contributed by atoms with Gasteiger partial charge in [-0.15, -0.1) is 11.3 Å². The van der Waals surface area contributed by atoms with E-state index in [1.165, 1.54) is 29.8 Å². The van der Waals surface area contributed by atoms with Crippen LogP contribution >= 0.6 is 22.9 Å². The lowest BCUT2D eigenvalue weighted by atomic mass is 9.96. The Kier molecular flexibility index (Phi) is 18.3. The zero-order valence-electron chi connectivity index (χ0n) is 45.6. The van der Waals surface area contributed by atoms with Crippen molar-refractivity contribution < 1.29 is 61.3 Å². The predicted molar refractivity (Wildman–Crippen MR) is 298 cm³/mol. The van der Waals surface area contributed by atoms with Crippen molar-refractivity contribution in [1.29, 1.82) is 0 Å². The number of halogens is 2. The van der Waals surface area contributed by atoms with E-state index in [9.17, 15) is 9.18 Å². The number of ether oxygens (including phenoxy) is 11. The summed E-state index contributed by atoms with van der Waals surface area (Å²) in [5.74, 6) is 1.58. The largest absolute Gasteiger partial charge is 0.491 e. The molecular formula is C59H64ClFN6O12S. The van der Waals surface area contributed by atoms with Crippen LogP contribution in [0.25, 0.3) is 43.2 Å². The van der Waals surface area contributed by atoms with Crippen molar-refractivity contribution in [1.82, 2.24) is 29.7 Å². The summed E-state index contributed by atoms with van der Waals surface area (Å²) in [7, 11) is 8.42. The molecule has 80 heavy (non-hydrogen) atoms. The average molecular weight is 1140 g/mol. The molecule has 7 atom stereocenters. The van der Waals surface area contributed by atoms with Gasteiger partial charge in [0.15, 0.2) is 12.1 Å². The molecule has 2 fully saturated rings. The summed E-state index contributed by atoms with van der Waals surface area (Å²) in [5.41, 5.74) is 4.78. The molecule has 3 aromatic heterocycles. The number of esters is 1. The van der Waals surface area contributed by atoms with Crippen LogP contribution in [0.4, 0.5) is 4.39 Å². The molecule has 422 valence electrons. The Hall–Kier alpha value is -6.59. The number of hydrogen-bond donors (Lipinski definition) is 0. The monoisotopic (exact) mass is 1130 g/mol. The molecule has 0 spiro atoms. The minimum atomic E-state index is -1.24. The van der Waals surface area contributed by atoms with Gasteiger partial charge in [0.05, 0.1) is 22.7 Å². The fraction of sp³-hybridized carbons (Fsp3) is 0.407. The third-order valence-electron chi connectivity index (χ3n) is 14.4. The van der Waals surface area contributed by atoms with Gasteiger partial charge in [-0.25, -0.2) is 29.1 Å². The highest BCUT2D eigenvalue weighted by Gasteiger charge is 2.47. The molecular weight excluding hydrogens is 1070 g/mol. The Labute approximate surface area is 472 Å². The highest BCUT2D eigenvalue weighted by atomic mass is 35.5. The molecule has 0 aliphatic carbocycles. The lowest BCUT2D eigenvalue weighted by molar-refractivity contribution is -0.305. The van der Waals surface area contributed by atoms with Gasteiger partial charge in [0.2, 0.25) is 12.0 Å². The first-order chi connectivity index (χ1) is 38.9. The van der Waals surface area contributed by atoms with Crippen LogP contribution in [-0.4, -0.2) is 167 Å². The summed E-state index contributed by atoms with van der Waals surface area (Å²) < 4.78 is 82.3. The number of rotatable bonds is 16. The minimum absolute atomic E-state index is 0.0222. The van der Waals surface area contributed by atoms with E-state index in [2.05, 4.69) is 26.8 Å². The molecule has 4 aromatic carbocycles. The molecule has 0 unspecified atom stereocenters. The number of fused-ring (bicyclic) bond motifs is 7. The second-order valence-electron chi connectivity index (χ2n) is 19.6. The molecule has 2 saturated heterocycles. The number of carbonyl (C=O) groups excluding carboxylic acids is 1. The third kappa shape index (κ3) is 12.6. The molecule has 11 rings (SSSR count). The first-order valence-electron chi connectivity index (χ1n) is 26.4. The number of piperazine rings is 1. The number of hydrogen-bond acceptors (Lipinski definition) is 19. The molecule has 21 heteroatoms. The lowest BCUT2D eigenvalue weighted by Gasteiger charge is -2.44. The quantitative estimate of drug-likeness (QED) is 0.0838. The van der Waals surface area contributed by atoms with E-state index in [1.54, 1.807) is 65.8 Å². The number of aromatic nitrogens is 4. The second kappa shape index (κ2) is 25.9. The molecule has 4 aliphatic rings. The Balaban J connectivity index is 0.970. The van der Waals surface area contributed by atoms with Crippen LogP contribution in [-0.2, 0) is 46.2 Å². The van der Waals surface area contributed by atoms with E-state index in [0.29, 0.717) is 73.0 Å². The standard InChI is InChI=1S/C59H64ClFN6O12S/c1-8-73-58(68)46-28-37-27-41(16-18-44(37)76-30-39-20-21-62-55(65-39)36-10-9-11-40(26-36)75-32-47-51(69-4)52(70-5)53(71-6)59(72-7)79-47)74-31-42(29-67-24-22-66(3)23-25-67)77-45-19-17-43(34(2)50(45)60)48-49-56(78-46)63-33-64-57(49)80-54(48)35-12-14-38(61)15-13-35/h9-21,26-27,33,42,46-47,51-53,59H,8,22-25,28-32H2,1-7H3/t42-,46-,47-,51-,52+,53+,59+/m1/s1. The van der Waals surface area contributed by atoms with Gasteiger partial charge in [-0.2, -0.15) is 0 Å². The van der Waals surface area contributed by atoms with Crippen molar-refractivity contribution in [2.45, 2.75) is 69.8 Å². The SMILES string of the molecule is CCOC(=O)[C@H]1Cc2cc(ccc2OCc2ccnc(-c3cccc(OC[C@H]4O[C@H](OC)[C@@H](OC)[C@@H](OC)[C@@H]4OC)c3)n2)OC[C@@H](CN2CCN(C)CC2)Oc2ccc(c(C)c2Cl)-c2c(-c3ccc(F)cc3)sc3ncnc(c23)O1. The molecule has 7 aromatic rings. The zero-order valence-corrected chi connectivity index (χ0v) is 47.2. The van der Waals surface area contributed by atoms with Gasteiger partial charge in [-0.3, -0.25) is 4.90 Å². The van der Waals surface area contributed by atoms with Crippen LogP contribution in [0.15, 0.2) is 97.5 Å². The fourth-order valence-electron chi connectivity index (χ4n) is 10.3. The Morgan fingerprint density at radius 1 is 0.850 bits per heavy atom. The van der Waals surface area contributed by atoms with E-state index in [-0.39, 0.29) is 44.5 Å². The Morgan fingerprint density at radius 2 is 1.65 bits per heavy atom. The number of carbonyl (C=O) groups is 1. The van der Waals surface area contributed by atoms with E-state index in [0.717, 1.165) is 47.7 Å². The molecule has 0 amide bonds. The molecule has 0 N–H and O–H groups in total. The average Bonchev–Trinajstić information content (AvgIpc) is 3.96. The molecule has 7 heterocycles. The highest BCUT2D eigenvalue weighted by molar-refractivity contribution is 7.22. The number of benzene rings is 4. The first kappa shape index (κ1) is 56.7. The van der Waals surface area contributed by atoms with Gasteiger partial charge in [0.25, 0.3) is 0 Å². The fourth-order valence-corrected chi connectivity index (χ4v) is 11.6. The Morgan fingerprint density at radius 3 is 2.41 bits per heavy atom. The number of methoxy groups -OCH3 is 4. The first-order valence-corrected chi connectivity index (χ1v) is 27.6. The maximum Gasteiger partial charge on any atom is 0.347 e. The molecule has 0 radical (unpaired) electrons. The smallest absolute Gasteiger partial charge is 0.347 e. The van der Waals surface area contributed by atoms with Crippen LogP contribution in [0.3, 0.4) is 0 Å². The van der Waals surface area contributed by atoms with E-state index in [4.69, 9.17) is 73.7 Å². The van der Waals surface area contributed by atoms with Crippen LogP contribution in [0.1, 0.15) is 23.7 Å². The molecule has 0 saturated carbocycles. The maximum absolute atomic E-state index is 14.4. The minimum Gasteiger partial charge on any atom is -0.491 e. The molecule has 18 nitrogen and oxygen atoms in total. The van der Waals surface area contributed by atoms with Crippen molar-refractivity contribution in [3.8, 4) is 61.8 Å². The summed E-state index contributed by atoms with van der Waals surface area (Å²) in [4.78, 5) is 39.1. The van der Waals surface area contributed by atoms with Gasteiger partial charge in [0.1, 0.15) is 90.3 Å². The third-order valence-corrected chi connectivity index (χ3v) is 16.1. The van der Waals surface area contributed by atoms with Crippen LogP contribution in [0.2, 0.25) is 5.02 Å². The van der Waals surface area contributed by atoms with Crippen LogP contribution in [0.5, 0.6) is 28.9 Å². The van der Waals surface area contributed by atoms with E-state index < -0.39 is 48.9 Å². The topological polar surface area (TPSA) is 177 Å². The van der Waals surface area contributed by atoms with Gasteiger partial charge in [-0.1, -0.05) is 41.9 Å². The number of thiophene rings is 1. The van der Waals surface area contributed by atoms with Crippen molar-refractivity contribution in [3.63, 3.8) is 0 Å². The lowest BCUT2D eigenvalue weighted by Crippen LogP contribution is -2.61. The van der Waals surface area contributed by atoms with Crippen molar-refractivity contribution in [2.24, 2.45) is 0 Å². The molecule has 4 aliphatic heterocycles. The summed E-state index contributed by atoms with van der Waals surface area (Å²) in [5, 5.41) is 0.955. The van der Waals surface area contributed by atoms with Gasteiger partial charge >= 0.3 is 5.97 Å². The van der Waals surface area contributed by atoms with Crippen LogP contribution < -0.4 is 23.7 Å². The summed E-state index contributed by atoms with van der Waals surface area (Å²) in [6, 6.07) is 24.7. The maximum atomic E-state index is 14.4. The van der Waals surface area contributed by atoms with Gasteiger partial charge in [0, 0.05) is 95.3 Å². The number of nitrogens with zero attached hydrogens (tertiary/aromatic N) is 6. The normalized spacial score (nSPS) is 21.7. The summed E-state index contributed by atoms with van der Waals surface area (Å²) in [6.45, 7) is 8.21. The van der Waals surface area contributed by atoms with Gasteiger partial charge in [-0.05, 0) is 92.2 Å². The van der Waals surface area contributed by atoms with Crippen molar-refractivity contribution in [3.05, 3.63) is 125 Å². The predicted octanol–water partition coefficient (Wildman–Crippen LogP) is 8.90. The summed E-state index contributed by atoms with van der Waals surface area (Å²) in [6.07, 6.45) is -1.36. The van der Waals surface area contributed by atoms with Crippen molar-refractivity contribution >= 4 is 39.1 Å². The zero-order chi connectivity index (χ0) is 55.9. The summed E-state index contributed by atoms with van der Waals surface area (Å²) >= 11 is 8.71. The highest BCUT2D eigenvalue weighted by Crippen LogP contribution is 2.50. The van der Waals surface area contributed by atoms with E-state index >= 15 is 0 Å². The Bertz CT molecular complexity index is 3260. The van der Waals surface area contributed by atoms with Crippen molar-refractivity contribution in [2.75, 3.05) is 88.0 Å². The number of likely N-dealkylation sites (N-methyl/N-ethyl adjacent to an activating group) is 1. The van der Waals surface area contributed by atoms with Crippen LogP contribution in [0, 0.1) is 12.7 Å².